The normalized spacial score (nSPS) is 22.8. The number of nitrogens with zero attached hydrogens (tertiary/aromatic N) is 2. The average molecular weight is 293 g/mol. The lowest BCUT2D eigenvalue weighted by Gasteiger charge is -2.42. The zero-order valence-corrected chi connectivity index (χ0v) is 15.2. The number of likely N-dealkylation sites (tertiary alicyclic amines) is 1. The van der Waals surface area contributed by atoms with Crippen LogP contribution >= 0.6 is 0 Å². The first-order valence-corrected chi connectivity index (χ1v) is 8.50. The Morgan fingerprint density at radius 1 is 1.14 bits per heavy atom. The van der Waals surface area contributed by atoms with Crippen LogP contribution in [-0.4, -0.2) is 35.6 Å². The van der Waals surface area contributed by atoms with Crippen LogP contribution in [0.5, 0.6) is 0 Å². The molecule has 0 spiro atoms. The van der Waals surface area contributed by atoms with Gasteiger partial charge in [0.1, 0.15) is 5.54 Å². The van der Waals surface area contributed by atoms with E-state index in [0.29, 0.717) is 17.5 Å². The van der Waals surface area contributed by atoms with Gasteiger partial charge < -0.3 is 4.90 Å². The third kappa shape index (κ3) is 5.60. The lowest BCUT2D eigenvalue weighted by atomic mass is 9.75. The maximum atomic E-state index is 9.50. The van der Waals surface area contributed by atoms with Crippen LogP contribution < -0.4 is 5.32 Å². The second-order valence-corrected chi connectivity index (χ2v) is 8.47. The van der Waals surface area contributed by atoms with Crippen molar-refractivity contribution in [3.8, 4) is 6.07 Å². The molecule has 0 aliphatic carbocycles. The predicted molar refractivity (Wildman–Crippen MR) is 90.1 cm³/mol. The molecule has 1 heterocycles. The maximum absolute atomic E-state index is 9.50. The minimum absolute atomic E-state index is 0.341. The Morgan fingerprint density at radius 3 is 2.05 bits per heavy atom. The van der Waals surface area contributed by atoms with Crippen LogP contribution in [0.2, 0.25) is 0 Å². The molecule has 0 radical (unpaired) electrons. The van der Waals surface area contributed by atoms with Gasteiger partial charge in [0, 0.05) is 12.1 Å². The molecule has 0 bridgehead atoms. The summed E-state index contributed by atoms with van der Waals surface area (Å²) in [5.41, 5.74) is 0.00412. The van der Waals surface area contributed by atoms with E-state index in [9.17, 15) is 5.26 Å². The number of nitrogens with one attached hydrogen (secondary N) is 1. The summed E-state index contributed by atoms with van der Waals surface area (Å²) in [4.78, 5) is 2.57. The van der Waals surface area contributed by atoms with Crippen molar-refractivity contribution in [2.45, 2.75) is 85.4 Å². The van der Waals surface area contributed by atoms with Gasteiger partial charge in [-0.1, -0.05) is 20.8 Å². The third-order valence-corrected chi connectivity index (χ3v) is 4.94. The maximum Gasteiger partial charge on any atom is 0.105 e. The second-order valence-electron chi connectivity index (χ2n) is 8.47. The van der Waals surface area contributed by atoms with E-state index >= 15 is 0 Å². The van der Waals surface area contributed by atoms with E-state index in [1.54, 1.807) is 0 Å². The lowest BCUT2D eigenvalue weighted by molar-refractivity contribution is 0.0778. The monoisotopic (exact) mass is 293 g/mol. The van der Waals surface area contributed by atoms with Crippen LogP contribution in [0.25, 0.3) is 0 Å². The van der Waals surface area contributed by atoms with E-state index in [0.717, 1.165) is 12.3 Å². The molecule has 122 valence electrons. The molecule has 1 N–H and O–H groups in total. The van der Waals surface area contributed by atoms with Crippen molar-refractivity contribution < 1.29 is 0 Å². The number of rotatable bonds is 5. The molecule has 1 fully saturated rings. The van der Waals surface area contributed by atoms with E-state index in [4.69, 9.17) is 0 Å². The van der Waals surface area contributed by atoms with Crippen LogP contribution in [0, 0.1) is 22.7 Å². The van der Waals surface area contributed by atoms with Gasteiger partial charge in [-0.15, -0.1) is 0 Å². The molecule has 2 atom stereocenters. The molecule has 3 heteroatoms. The van der Waals surface area contributed by atoms with Crippen LogP contribution in [0.15, 0.2) is 0 Å². The zero-order chi connectivity index (χ0) is 16.3. The van der Waals surface area contributed by atoms with Crippen LogP contribution in [-0.2, 0) is 0 Å². The summed E-state index contributed by atoms with van der Waals surface area (Å²) < 4.78 is 0. The number of piperidine rings is 1. The fraction of sp³-hybridized carbons (Fsp3) is 0.944. The van der Waals surface area contributed by atoms with Crippen LogP contribution in [0.3, 0.4) is 0 Å². The van der Waals surface area contributed by atoms with Gasteiger partial charge >= 0.3 is 0 Å². The molecule has 0 aromatic carbocycles. The summed E-state index contributed by atoms with van der Waals surface area (Å²) in [6.45, 7) is 17.9. The topological polar surface area (TPSA) is 39.1 Å². The molecular formula is C18H35N3. The van der Waals surface area contributed by atoms with Gasteiger partial charge in [-0.05, 0) is 71.4 Å². The Kier molecular flexibility index (Phi) is 6.25. The van der Waals surface area contributed by atoms with Gasteiger partial charge in [0.05, 0.1) is 6.07 Å². The summed E-state index contributed by atoms with van der Waals surface area (Å²) in [6, 6.07) is 3.28. The Bertz CT molecular complexity index is 356. The van der Waals surface area contributed by atoms with Gasteiger partial charge in [-0.25, -0.2) is 0 Å². The SMILES string of the molecule is CC(C)NC(C)(C#N)CC(C)N1CCC(C(C)(C)C)CC1. The number of nitriles is 1. The smallest absolute Gasteiger partial charge is 0.105 e. The Hall–Kier alpha value is -0.590. The molecule has 1 rings (SSSR count). The molecule has 0 amide bonds. The van der Waals surface area contributed by atoms with E-state index < -0.39 is 5.54 Å². The molecule has 21 heavy (non-hydrogen) atoms. The summed E-state index contributed by atoms with van der Waals surface area (Å²) in [5.74, 6) is 0.831. The summed E-state index contributed by atoms with van der Waals surface area (Å²) in [7, 11) is 0. The first-order valence-electron chi connectivity index (χ1n) is 8.50. The second kappa shape index (κ2) is 7.11. The van der Waals surface area contributed by atoms with Crippen molar-refractivity contribution in [2.75, 3.05) is 13.1 Å². The average Bonchev–Trinajstić information content (AvgIpc) is 2.36. The Balaban J connectivity index is 2.54. The van der Waals surface area contributed by atoms with Crippen LogP contribution in [0.1, 0.15) is 67.7 Å². The minimum Gasteiger partial charge on any atom is -0.301 e. The minimum atomic E-state index is -0.422. The van der Waals surface area contributed by atoms with Gasteiger partial charge in [0.2, 0.25) is 0 Å². The molecular weight excluding hydrogens is 258 g/mol. The molecule has 3 nitrogen and oxygen atoms in total. The standard InChI is InChI=1S/C18H35N3/c1-14(2)20-18(7,13-19)12-15(3)21-10-8-16(9-11-21)17(4,5)6/h14-16,20H,8-12H2,1-7H3. The Morgan fingerprint density at radius 2 is 1.67 bits per heavy atom. The quantitative estimate of drug-likeness (QED) is 0.838. The summed E-state index contributed by atoms with van der Waals surface area (Å²) in [5, 5.41) is 12.9. The number of hydrogen-bond acceptors (Lipinski definition) is 3. The largest absolute Gasteiger partial charge is 0.301 e. The highest BCUT2D eigenvalue weighted by Gasteiger charge is 2.33. The van der Waals surface area contributed by atoms with Crippen molar-refractivity contribution in [1.82, 2.24) is 10.2 Å². The zero-order valence-electron chi connectivity index (χ0n) is 15.2. The van der Waals surface area contributed by atoms with Crippen molar-refractivity contribution in [3.05, 3.63) is 0 Å². The Labute approximate surface area is 132 Å². The molecule has 1 aliphatic rings. The van der Waals surface area contributed by atoms with Crippen molar-refractivity contribution in [3.63, 3.8) is 0 Å². The molecule has 2 unspecified atom stereocenters. The van der Waals surface area contributed by atoms with E-state index in [2.05, 4.69) is 57.8 Å². The molecule has 0 saturated carbocycles. The van der Waals surface area contributed by atoms with Gasteiger partial charge in [0.15, 0.2) is 0 Å². The fourth-order valence-electron chi connectivity index (χ4n) is 3.70. The number of hydrogen-bond donors (Lipinski definition) is 1. The van der Waals surface area contributed by atoms with Gasteiger partial charge in [-0.2, -0.15) is 5.26 Å². The first-order chi connectivity index (χ1) is 9.57. The van der Waals surface area contributed by atoms with Crippen molar-refractivity contribution >= 4 is 0 Å². The van der Waals surface area contributed by atoms with Gasteiger partial charge in [-0.3, -0.25) is 5.32 Å². The molecule has 0 aromatic heterocycles. The van der Waals surface area contributed by atoms with Crippen molar-refractivity contribution in [1.29, 1.82) is 5.26 Å². The summed E-state index contributed by atoms with van der Waals surface area (Å²) >= 11 is 0. The lowest BCUT2D eigenvalue weighted by Crippen LogP contribution is -2.51. The molecule has 0 aromatic rings. The van der Waals surface area contributed by atoms with E-state index in [1.165, 1.54) is 25.9 Å². The molecule has 1 saturated heterocycles. The first kappa shape index (κ1) is 18.5. The van der Waals surface area contributed by atoms with Gasteiger partial charge in [0.25, 0.3) is 0 Å². The van der Waals surface area contributed by atoms with Crippen LogP contribution in [0.4, 0.5) is 0 Å². The fourth-order valence-corrected chi connectivity index (χ4v) is 3.70. The predicted octanol–water partition coefficient (Wildman–Crippen LogP) is 3.80. The van der Waals surface area contributed by atoms with E-state index in [-0.39, 0.29) is 0 Å². The molecule has 1 aliphatic heterocycles. The van der Waals surface area contributed by atoms with Crippen molar-refractivity contribution in [2.24, 2.45) is 11.3 Å². The highest BCUT2D eigenvalue weighted by molar-refractivity contribution is 5.06. The third-order valence-electron chi connectivity index (χ3n) is 4.94. The van der Waals surface area contributed by atoms with E-state index in [1.807, 2.05) is 6.92 Å². The summed E-state index contributed by atoms with van der Waals surface area (Å²) in [6.07, 6.45) is 3.46. The highest BCUT2D eigenvalue weighted by atomic mass is 15.2. The highest BCUT2D eigenvalue weighted by Crippen LogP contribution is 2.35.